The average Bonchev–Trinajstić information content (AvgIpc) is 3.58. The summed E-state index contributed by atoms with van der Waals surface area (Å²) in [7, 11) is 1.72. The third kappa shape index (κ3) is 4.21. The third-order valence-corrected chi connectivity index (χ3v) is 7.67. The molecule has 1 aliphatic rings. The minimum absolute atomic E-state index is 0.0890. The van der Waals surface area contributed by atoms with Crippen LogP contribution in [-0.2, 0) is 11.3 Å². The number of fused-ring (bicyclic) bond motifs is 2. The van der Waals surface area contributed by atoms with E-state index >= 15 is 0 Å². The number of furan rings is 1. The molecular formula is C27H22ClN3O3S. The molecule has 35 heavy (non-hydrogen) atoms. The minimum Gasteiger partial charge on any atom is -0.460 e. The number of rotatable bonds is 6. The number of benzene rings is 2. The highest BCUT2D eigenvalue weighted by Gasteiger charge is 2.21. The Kier molecular flexibility index (Phi) is 5.78. The minimum atomic E-state index is -0.0890. The van der Waals surface area contributed by atoms with Gasteiger partial charge in [-0.2, -0.15) is 0 Å². The number of ether oxygens (including phenoxy) is 1. The van der Waals surface area contributed by atoms with Crippen LogP contribution >= 0.6 is 22.9 Å². The van der Waals surface area contributed by atoms with Gasteiger partial charge in [0.15, 0.2) is 0 Å². The summed E-state index contributed by atoms with van der Waals surface area (Å²) in [6.45, 7) is 2.22. The maximum atomic E-state index is 13.4. The number of methoxy groups -OCH3 is 1. The molecule has 1 aliphatic heterocycles. The van der Waals surface area contributed by atoms with Crippen molar-refractivity contribution in [2.45, 2.75) is 12.6 Å². The van der Waals surface area contributed by atoms with Gasteiger partial charge in [-0.15, -0.1) is 11.3 Å². The van der Waals surface area contributed by atoms with Crippen molar-refractivity contribution >= 4 is 44.1 Å². The summed E-state index contributed by atoms with van der Waals surface area (Å²) in [4.78, 5) is 21.2. The van der Waals surface area contributed by atoms with Crippen molar-refractivity contribution in [1.82, 2.24) is 14.5 Å². The summed E-state index contributed by atoms with van der Waals surface area (Å²) < 4.78 is 13.6. The van der Waals surface area contributed by atoms with E-state index in [9.17, 15) is 4.79 Å². The molecule has 0 bridgehead atoms. The van der Waals surface area contributed by atoms with Crippen molar-refractivity contribution in [3.05, 3.63) is 94.2 Å². The smallest absolute Gasteiger partial charge is 0.275 e. The molecule has 0 amide bonds. The van der Waals surface area contributed by atoms with Crippen molar-refractivity contribution in [3.63, 3.8) is 0 Å². The van der Waals surface area contributed by atoms with E-state index in [2.05, 4.69) is 22.0 Å². The lowest BCUT2D eigenvalue weighted by Crippen LogP contribution is -2.32. The Morgan fingerprint density at radius 2 is 2.03 bits per heavy atom. The average molecular weight is 504 g/mol. The first kappa shape index (κ1) is 22.2. The Balaban J connectivity index is 1.31. The molecule has 6 rings (SSSR count). The molecule has 0 fully saturated rings. The number of hydrogen-bond acceptors (Lipinski definition) is 6. The van der Waals surface area contributed by atoms with Crippen LogP contribution in [0, 0.1) is 0 Å². The van der Waals surface area contributed by atoms with Crippen LogP contribution in [-0.4, -0.2) is 40.8 Å². The van der Waals surface area contributed by atoms with Gasteiger partial charge in [-0.25, -0.2) is 4.98 Å². The molecule has 0 aliphatic carbocycles. The Hall–Kier alpha value is -3.23. The molecule has 0 radical (unpaired) electrons. The highest BCUT2D eigenvalue weighted by Crippen LogP contribution is 2.32. The highest BCUT2D eigenvalue weighted by molar-refractivity contribution is 7.22. The van der Waals surface area contributed by atoms with E-state index in [1.807, 2.05) is 54.6 Å². The summed E-state index contributed by atoms with van der Waals surface area (Å²) in [5.41, 5.74) is 3.16. The predicted molar refractivity (Wildman–Crippen MR) is 141 cm³/mol. The normalized spacial score (nSPS) is 16.1. The van der Waals surface area contributed by atoms with Crippen molar-refractivity contribution in [1.29, 1.82) is 0 Å². The second-order valence-corrected chi connectivity index (χ2v) is 10.1. The van der Waals surface area contributed by atoms with Crippen molar-refractivity contribution in [2.24, 2.45) is 0 Å². The number of halogens is 1. The molecule has 0 unspecified atom stereocenters. The lowest BCUT2D eigenvalue weighted by Gasteiger charge is -2.22. The summed E-state index contributed by atoms with van der Waals surface area (Å²) >= 11 is 7.46. The Morgan fingerprint density at radius 3 is 2.86 bits per heavy atom. The van der Waals surface area contributed by atoms with E-state index in [1.54, 1.807) is 18.0 Å². The molecule has 2 aromatic carbocycles. The van der Waals surface area contributed by atoms with E-state index in [0.717, 1.165) is 39.4 Å². The molecule has 0 N–H and O–H groups in total. The van der Waals surface area contributed by atoms with E-state index in [0.29, 0.717) is 28.4 Å². The lowest BCUT2D eigenvalue weighted by atomic mass is 10.2. The maximum absolute atomic E-state index is 13.4. The van der Waals surface area contributed by atoms with E-state index in [4.69, 9.17) is 20.8 Å². The first-order valence-corrected chi connectivity index (χ1v) is 12.5. The van der Waals surface area contributed by atoms with Crippen LogP contribution < -0.4 is 5.56 Å². The molecule has 0 saturated heterocycles. The zero-order valence-corrected chi connectivity index (χ0v) is 20.6. The van der Waals surface area contributed by atoms with E-state index < -0.39 is 0 Å². The standard InChI is InChI=1S/C27H22ClN3O3S/c1-33-15-21-3-2-10-30(21)14-22-12-18-11-20(8-9-24(18)34-22)31-16-29-23-13-25(35-26(23)27(31)32)17-4-6-19(28)7-5-17/h2-9,11-13,16,21H,10,14-15H2,1H3/t21-/m1/s1. The first-order chi connectivity index (χ1) is 17.1. The molecular weight excluding hydrogens is 482 g/mol. The molecule has 8 heteroatoms. The monoisotopic (exact) mass is 503 g/mol. The fourth-order valence-corrected chi connectivity index (χ4v) is 5.66. The van der Waals surface area contributed by atoms with Gasteiger partial charge in [-0.3, -0.25) is 14.3 Å². The first-order valence-electron chi connectivity index (χ1n) is 11.3. The largest absolute Gasteiger partial charge is 0.460 e. The molecule has 3 aromatic heterocycles. The van der Waals surface area contributed by atoms with Gasteiger partial charge in [0.1, 0.15) is 22.4 Å². The number of aromatic nitrogens is 2. The molecule has 4 heterocycles. The molecule has 6 nitrogen and oxygen atoms in total. The summed E-state index contributed by atoms with van der Waals surface area (Å²) in [5.74, 6) is 0.883. The summed E-state index contributed by atoms with van der Waals surface area (Å²) in [6.07, 6.45) is 5.92. The predicted octanol–water partition coefficient (Wildman–Crippen LogP) is 5.90. The van der Waals surface area contributed by atoms with Crippen molar-refractivity contribution in [3.8, 4) is 16.1 Å². The van der Waals surface area contributed by atoms with E-state index in [1.165, 1.54) is 11.3 Å². The SMILES string of the molecule is COC[C@H]1C=CCN1Cc1cc2cc(-n3cnc4cc(-c5ccc(Cl)cc5)sc4c3=O)ccc2o1. The van der Waals surface area contributed by atoms with Crippen LogP contribution in [0.3, 0.4) is 0 Å². The van der Waals surface area contributed by atoms with Gasteiger partial charge in [0.25, 0.3) is 5.56 Å². The van der Waals surface area contributed by atoms with Gasteiger partial charge in [0.2, 0.25) is 0 Å². The molecule has 176 valence electrons. The molecule has 0 spiro atoms. The topological polar surface area (TPSA) is 60.5 Å². The van der Waals surface area contributed by atoms with Crippen LogP contribution in [0.15, 0.2) is 82.3 Å². The van der Waals surface area contributed by atoms with Gasteiger partial charge >= 0.3 is 0 Å². The molecule has 1 atom stereocenters. The third-order valence-electron chi connectivity index (χ3n) is 6.26. The Bertz CT molecular complexity index is 1620. The van der Waals surface area contributed by atoms with Gasteiger partial charge in [-0.05, 0) is 48.0 Å². The van der Waals surface area contributed by atoms with Gasteiger partial charge in [0.05, 0.1) is 30.4 Å². The van der Waals surface area contributed by atoms with Crippen LogP contribution in [0.5, 0.6) is 0 Å². The van der Waals surface area contributed by atoms with Crippen molar-refractivity contribution < 1.29 is 9.15 Å². The van der Waals surface area contributed by atoms with Crippen LogP contribution in [0.1, 0.15) is 5.76 Å². The van der Waals surface area contributed by atoms with Crippen LogP contribution in [0.2, 0.25) is 5.02 Å². The van der Waals surface area contributed by atoms with Gasteiger partial charge in [0, 0.05) is 28.9 Å². The van der Waals surface area contributed by atoms with Gasteiger partial charge in [-0.1, -0.05) is 35.9 Å². The van der Waals surface area contributed by atoms with Gasteiger partial charge < -0.3 is 9.15 Å². The number of thiophene rings is 1. The zero-order chi connectivity index (χ0) is 23.9. The fourth-order valence-electron chi connectivity index (χ4n) is 4.49. The van der Waals surface area contributed by atoms with Crippen LogP contribution in [0.4, 0.5) is 0 Å². The highest BCUT2D eigenvalue weighted by atomic mass is 35.5. The maximum Gasteiger partial charge on any atom is 0.275 e. The molecule has 5 aromatic rings. The van der Waals surface area contributed by atoms with Crippen molar-refractivity contribution in [2.75, 3.05) is 20.3 Å². The number of nitrogens with zero attached hydrogens (tertiary/aromatic N) is 3. The Morgan fingerprint density at radius 1 is 1.17 bits per heavy atom. The van der Waals surface area contributed by atoms with Crippen LogP contribution in [0.25, 0.3) is 37.3 Å². The quantitative estimate of drug-likeness (QED) is 0.270. The lowest BCUT2D eigenvalue weighted by molar-refractivity contribution is 0.120. The second-order valence-electron chi connectivity index (χ2n) is 8.57. The zero-order valence-electron chi connectivity index (χ0n) is 19.0. The fraction of sp³-hybridized carbons (Fsp3) is 0.185. The number of hydrogen-bond donors (Lipinski definition) is 0. The Labute approximate surface area is 210 Å². The second kappa shape index (κ2) is 9.09. The molecule has 0 saturated carbocycles. The summed E-state index contributed by atoms with van der Waals surface area (Å²) in [5, 5.41) is 1.63. The van der Waals surface area contributed by atoms with E-state index in [-0.39, 0.29) is 11.6 Å². The summed E-state index contributed by atoms with van der Waals surface area (Å²) in [6, 6.07) is 17.6.